The molecule has 3 aromatic heterocycles. The highest BCUT2D eigenvalue weighted by Gasteiger charge is 2.15. The van der Waals surface area contributed by atoms with E-state index in [1.807, 2.05) is 0 Å². The zero-order valence-electron chi connectivity index (χ0n) is 9.44. The molecule has 18 heavy (non-hydrogen) atoms. The Bertz CT molecular complexity index is 691. The monoisotopic (exact) mass is 263 g/mol. The van der Waals surface area contributed by atoms with E-state index in [9.17, 15) is 0 Å². The molecule has 0 saturated heterocycles. The number of aromatic nitrogens is 6. The molecule has 0 saturated carbocycles. The normalized spacial score (nSPS) is 11.2. The molecular formula is C9H9N7OS. The van der Waals surface area contributed by atoms with Crippen LogP contribution < -0.4 is 5.73 Å². The third-order valence-corrected chi connectivity index (χ3v) is 3.16. The largest absolute Gasteiger partial charge is 0.382 e. The van der Waals surface area contributed by atoms with Gasteiger partial charge in [-0.25, -0.2) is 9.97 Å². The van der Waals surface area contributed by atoms with Gasteiger partial charge in [0.1, 0.15) is 12.3 Å². The number of nitrogens with zero attached hydrogens (tertiary/aromatic N) is 6. The summed E-state index contributed by atoms with van der Waals surface area (Å²) in [7, 11) is 1.59. The van der Waals surface area contributed by atoms with Crippen LogP contribution >= 0.6 is 11.3 Å². The summed E-state index contributed by atoms with van der Waals surface area (Å²) in [6.45, 7) is 0.348. The minimum absolute atomic E-state index is 0.343. The molecule has 0 aliphatic carbocycles. The number of hydrogen-bond donors (Lipinski definition) is 1. The molecule has 0 aliphatic heterocycles. The first-order valence-electron chi connectivity index (χ1n) is 5.06. The van der Waals surface area contributed by atoms with Gasteiger partial charge in [-0.05, 0) is 0 Å². The second-order valence-corrected chi connectivity index (χ2v) is 4.40. The fraction of sp³-hybridized carbons (Fsp3) is 0.222. The second-order valence-electron chi connectivity index (χ2n) is 3.44. The number of anilines is 1. The summed E-state index contributed by atoms with van der Waals surface area (Å²) in [5, 5.41) is 13.0. The van der Waals surface area contributed by atoms with E-state index in [4.69, 9.17) is 10.5 Å². The van der Waals surface area contributed by atoms with Gasteiger partial charge in [0.25, 0.3) is 0 Å². The predicted octanol–water partition coefficient (Wildman–Crippen LogP) is 0.371. The molecule has 0 atom stereocenters. The number of fused-ring (bicyclic) bond motifs is 1. The molecule has 3 heterocycles. The maximum absolute atomic E-state index is 5.76. The van der Waals surface area contributed by atoms with Crippen LogP contribution in [0.3, 0.4) is 0 Å². The van der Waals surface area contributed by atoms with Crippen LogP contribution in [0.4, 0.5) is 5.82 Å². The molecule has 0 spiro atoms. The van der Waals surface area contributed by atoms with Gasteiger partial charge in [-0.3, -0.25) is 0 Å². The van der Waals surface area contributed by atoms with Gasteiger partial charge in [0.05, 0.1) is 0 Å². The van der Waals surface area contributed by atoms with Crippen molar-refractivity contribution >= 4 is 22.1 Å². The van der Waals surface area contributed by atoms with E-state index in [1.54, 1.807) is 17.8 Å². The summed E-state index contributed by atoms with van der Waals surface area (Å²) in [5.41, 5.74) is 6.32. The van der Waals surface area contributed by atoms with Gasteiger partial charge in [0.15, 0.2) is 16.6 Å². The maximum atomic E-state index is 5.76. The van der Waals surface area contributed by atoms with Crippen LogP contribution in [0.5, 0.6) is 0 Å². The molecule has 3 rings (SSSR count). The molecular weight excluding hydrogens is 254 g/mol. The average molecular weight is 263 g/mol. The lowest BCUT2D eigenvalue weighted by Crippen LogP contribution is -1.99. The third kappa shape index (κ3) is 1.69. The first-order chi connectivity index (χ1) is 8.79. The van der Waals surface area contributed by atoms with Crippen molar-refractivity contribution in [1.29, 1.82) is 0 Å². The van der Waals surface area contributed by atoms with E-state index in [1.165, 1.54) is 17.5 Å². The minimum Gasteiger partial charge on any atom is -0.382 e. The van der Waals surface area contributed by atoms with Crippen LogP contribution in [-0.4, -0.2) is 36.9 Å². The molecule has 0 aliphatic rings. The van der Waals surface area contributed by atoms with Crippen LogP contribution in [0.15, 0.2) is 12.4 Å². The van der Waals surface area contributed by atoms with Crippen LogP contribution in [0.2, 0.25) is 0 Å². The Kier molecular flexibility index (Phi) is 2.61. The lowest BCUT2D eigenvalue weighted by molar-refractivity contribution is 0.176. The first kappa shape index (κ1) is 11.0. The lowest BCUT2D eigenvalue weighted by Gasteiger charge is -1.97. The number of nitrogen functional groups attached to an aromatic ring is 1. The summed E-state index contributed by atoms with van der Waals surface area (Å²) < 4.78 is 6.64. The number of methoxy groups -OCH3 is 1. The van der Waals surface area contributed by atoms with Crippen molar-refractivity contribution in [3.63, 3.8) is 0 Å². The minimum atomic E-state index is 0.343. The van der Waals surface area contributed by atoms with Crippen molar-refractivity contribution < 1.29 is 4.74 Å². The van der Waals surface area contributed by atoms with E-state index in [2.05, 4.69) is 25.3 Å². The number of rotatable bonds is 3. The van der Waals surface area contributed by atoms with E-state index in [0.717, 1.165) is 0 Å². The quantitative estimate of drug-likeness (QED) is 0.728. The van der Waals surface area contributed by atoms with Crippen LogP contribution in [0, 0.1) is 0 Å². The van der Waals surface area contributed by atoms with Crippen molar-refractivity contribution in [3.8, 4) is 10.7 Å². The third-order valence-electron chi connectivity index (χ3n) is 2.26. The lowest BCUT2D eigenvalue weighted by atomic mass is 10.4. The second kappa shape index (κ2) is 4.27. The van der Waals surface area contributed by atoms with Gasteiger partial charge >= 0.3 is 0 Å². The van der Waals surface area contributed by atoms with Crippen molar-refractivity contribution in [2.75, 3.05) is 12.8 Å². The Labute approximate surface area is 105 Å². The predicted molar refractivity (Wildman–Crippen MR) is 64.8 cm³/mol. The van der Waals surface area contributed by atoms with E-state index in [0.29, 0.717) is 33.9 Å². The van der Waals surface area contributed by atoms with E-state index < -0.39 is 0 Å². The van der Waals surface area contributed by atoms with Crippen LogP contribution in [-0.2, 0) is 11.3 Å². The molecule has 8 nitrogen and oxygen atoms in total. The maximum Gasteiger partial charge on any atom is 0.235 e. The molecule has 2 N–H and O–H groups in total. The van der Waals surface area contributed by atoms with E-state index in [-0.39, 0.29) is 0 Å². The zero-order valence-corrected chi connectivity index (χ0v) is 10.3. The summed E-state index contributed by atoms with van der Waals surface area (Å²) >= 11 is 1.35. The zero-order chi connectivity index (χ0) is 12.5. The number of nitrogens with two attached hydrogens (primary N) is 1. The van der Waals surface area contributed by atoms with Crippen molar-refractivity contribution in [2.45, 2.75) is 6.61 Å². The first-order valence-corrected chi connectivity index (χ1v) is 5.88. The molecule has 0 radical (unpaired) electrons. The van der Waals surface area contributed by atoms with Gasteiger partial charge in [0, 0.05) is 19.5 Å². The average Bonchev–Trinajstić information content (AvgIpc) is 2.92. The van der Waals surface area contributed by atoms with Gasteiger partial charge in [0.2, 0.25) is 4.96 Å². The molecule has 3 aromatic rings. The Balaban J connectivity index is 2.11. The summed E-state index contributed by atoms with van der Waals surface area (Å²) in [6, 6.07) is 0. The number of ether oxygens (including phenoxy) is 1. The summed E-state index contributed by atoms with van der Waals surface area (Å²) in [5.74, 6) is 0.980. The molecule has 0 fully saturated rings. The van der Waals surface area contributed by atoms with Crippen molar-refractivity contribution in [1.82, 2.24) is 29.8 Å². The van der Waals surface area contributed by atoms with Crippen LogP contribution in [0.1, 0.15) is 5.82 Å². The SMILES string of the molecule is COCc1nnc2sc(-c3nccnc3N)nn12. The van der Waals surface area contributed by atoms with E-state index >= 15 is 0 Å². The van der Waals surface area contributed by atoms with Crippen molar-refractivity contribution in [3.05, 3.63) is 18.2 Å². The van der Waals surface area contributed by atoms with Gasteiger partial charge < -0.3 is 10.5 Å². The molecule has 0 aromatic carbocycles. The Morgan fingerprint density at radius 3 is 2.94 bits per heavy atom. The Morgan fingerprint density at radius 1 is 1.33 bits per heavy atom. The standard InChI is InChI=1S/C9H9N7OS/c1-17-4-5-13-14-9-16(5)15-8(18-9)6-7(10)12-3-2-11-6/h2-3H,4H2,1H3,(H2,10,12). The Morgan fingerprint density at radius 2 is 2.17 bits per heavy atom. The summed E-state index contributed by atoms with van der Waals surface area (Å²) in [6.07, 6.45) is 3.11. The van der Waals surface area contributed by atoms with Crippen LogP contribution in [0.25, 0.3) is 15.7 Å². The topological polar surface area (TPSA) is 104 Å². The van der Waals surface area contributed by atoms with Gasteiger partial charge in [-0.2, -0.15) is 9.61 Å². The fourth-order valence-corrected chi connectivity index (χ4v) is 2.35. The highest BCUT2D eigenvalue weighted by Crippen LogP contribution is 2.26. The molecule has 92 valence electrons. The highest BCUT2D eigenvalue weighted by molar-refractivity contribution is 7.19. The number of hydrogen-bond acceptors (Lipinski definition) is 8. The van der Waals surface area contributed by atoms with Gasteiger partial charge in [-0.1, -0.05) is 11.3 Å². The smallest absolute Gasteiger partial charge is 0.235 e. The van der Waals surface area contributed by atoms with Gasteiger partial charge in [-0.15, -0.1) is 10.2 Å². The summed E-state index contributed by atoms with van der Waals surface area (Å²) in [4.78, 5) is 8.82. The fourth-order valence-electron chi connectivity index (χ4n) is 1.49. The molecule has 9 heteroatoms. The molecule has 0 bridgehead atoms. The highest BCUT2D eigenvalue weighted by atomic mass is 32.1. The Hall–Kier alpha value is -2.13. The molecule has 0 amide bonds. The van der Waals surface area contributed by atoms with Crippen molar-refractivity contribution in [2.24, 2.45) is 0 Å². The molecule has 0 unspecified atom stereocenters.